The van der Waals surface area contributed by atoms with Crippen LogP contribution in [-0.2, 0) is 0 Å². The van der Waals surface area contributed by atoms with Crippen LogP contribution in [0.3, 0.4) is 0 Å². The summed E-state index contributed by atoms with van der Waals surface area (Å²) in [7, 11) is 0. The number of nitrogens with one attached hydrogen (secondary N) is 1. The number of hydrogen-bond donors (Lipinski definition) is 2. The van der Waals surface area contributed by atoms with Crippen LogP contribution >= 0.6 is 0 Å². The van der Waals surface area contributed by atoms with Crippen molar-refractivity contribution in [3.8, 4) is 0 Å². The van der Waals surface area contributed by atoms with Crippen molar-refractivity contribution in [2.45, 2.75) is 63.5 Å². The van der Waals surface area contributed by atoms with Crippen molar-refractivity contribution < 1.29 is 0 Å². The number of guanidine groups is 1. The van der Waals surface area contributed by atoms with Gasteiger partial charge in [0.2, 0.25) is 0 Å². The van der Waals surface area contributed by atoms with Crippen molar-refractivity contribution in [3.63, 3.8) is 0 Å². The molecule has 0 aromatic carbocycles. The van der Waals surface area contributed by atoms with Gasteiger partial charge in [0, 0.05) is 18.6 Å². The molecule has 0 atom stereocenters. The summed E-state index contributed by atoms with van der Waals surface area (Å²) in [6, 6.07) is 1.37. The quantitative estimate of drug-likeness (QED) is 0.600. The van der Waals surface area contributed by atoms with Crippen LogP contribution in [0.2, 0.25) is 0 Å². The third-order valence-corrected chi connectivity index (χ3v) is 5.12. The van der Waals surface area contributed by atoms with E-state index < -0.39 is 0 Å². The summed E-state index contributed by atoms with van der Waals surface area (Å²) in [6.45, 7) is 3.55. The lowest BCUT2D eigenvalue weighted by Crippen LogP contribution is -2.56. The Hall–Kier alpha value is -0.770. The molecule has 0 bridgehead atoms. The van der Waals surface area contributed by atoms with Crippen LogP contribution in [-0.4, -0.2) is 42.6 Å². The highest BCUT2D eigenvalue weighted by Crippen LogP contribution is 2.28. The number of hydrogen-bond acceptors (Lipinski definition) is 2. The van der Waals surface area contributed by atoms with E-state index in [1.54, 1.807) is 0 Å². The third kappa shape index (κ3) is 3.41. The molecule has 4 nitrogen and oxygen atoms in total. The van der Waals surface area contributed by atoms with Gasteiger partial charge >= 0.3 is 0 Å². The lowest BCUT2D eigenvalue weighted by atomic mass is 9.84. The number of piperidine rings is 1. The Balaban J connectivity index is 1.33. The Morgan fingerprint density at radius 1 is 1.11 bits per heavy atom. The molecule has 1 heterocycles. The number of nitrogens with zero attached hydrogens (tertiary/aromatic N) is 2. The van der Waals surface area contributed by atoms with Crippen molar-refractivity contribution in [2.24, 2.45) is 16.6 Å². The fourth-order valence-electron chi connectivity index (χ4n) is 3.44. The molecule has 0 aromatic heterocycles. The molecular formula is C15H28N4. The average Bonchev–Trinajstić information content (AvgIpc) is 2.32. The van der Waals surface area contributed by atoms with Crippen molar-refractivity contribution in [1.82, 2.24) is 10.2 Å². The van der Waals surface area contributed by atoms with E-state index in [1.165, 1.54) is 64.5 Å². The van der Waals surface area contributed by atoms with E-state index in [0.29, 0.717) is 12.0 Å². The summed E-state index contributed by atoms with van der Waals surface area (Å²) < 4.78 is 0. The number of aliphatic imine (C=N–C) groups is 1. The van der Waals surface area contributed by atoms with E-state index in [1.807, 2.05) is 0 Å². The molecule has 2 aliphatic carbocycles. The monoisotopic (exact) mass is 264 g/mol. The molecule has 0 spiro atoms. The third-order valence-electron chi connectivity index (χ3n) is 5.12. The molecule has 3 fully saturated rings. The van der Waals surface area contributed by atoms with Gasteiger partial charge in [0.25, 0.3) is 0 Å². The standard InChI is InChI=1S/C15H28N4/c16-15(17-11-12-5-4-6-12)18-13-9-14(10-13)19-7-2-1-3-8-19/h12-14H,1-11H2,(H3,16,17,18). The Morgan fingerprint density at radius 2 is 1.84 bits per heavy atom. The SMILES string of the molecule is NC(=NCC1CCC1)NC1CC(N2CCCCC2)C1. The zero-order valence-electron chi connectivity index (χ0n) is 12.0. The predicted octanol–water partition coefficient (Wildman–Crippen LogP) is 1.71. The van der Waals surface area contributed by atoms with Crippen molar-refractivity contribution >= 4 is 5.96 Å². The lowest BCUT2D eigenvalue weighted by molar-refractivity contribution is 0.0846. The van der Waals surface area contributed by atoms with Crippen LogP contribution in [0, 0.1) is 5.92 Å². The van der Waals surface area contributed by atoms with Crippen LogP contribution in [0.25, 0.3) is 0 Å². The van der Waals surface area contributed by atoms with E-state index in [9.17, 15) is 0 Å². The van der Waals surface area contributed by atoms with E-state index in [2.05, 4.69) is 15.2 Å². The summed E-state index contributed by atoms with van der Waals surface area (Å²) >= 11 is 0. The van der Waals surface area contributed by atoms with Crippen molar-refractivity contribution in [1.29, 1.82) is 0 Å². The maximum absolute atomic E-state index is 5.96. The van der Waals surface area contributed by atoms with E-state index in [4.69, 9.17) is 5.73 Å². The highest BCUT2D eigenvalue weighted by molar-refractivity contribution is 5.78. The van der Waals surface area contributed by atoms with Gasteiger partial charge in [-0.15, -0.1) is 0 Å². The molecule has 2 saturated carbocycles. The lowest BCUT2D eigenvalue weighted by Gasteiger charge is -2.44. The van der Waals surface area contributed by atoms with Crippen LogP contribution in [0.1, 0.15) is 51.4 Å². The van der Waals surface area contributed by atoms with Gasteiger partial charge in [0.1, 0.15) is 0 Å². The van der Waals surface area contributed by atoms with E-state index in [0.717, 1.165) is 18.5 Å². The molecule has 1 aliphatic heterocycles. The largest absolute Gasteiger partial charge is 0.370 e. The summed E-state index contributed by atoms with van der Waals surface area (Å²) in [5, 5.41) is 3.39. The smallest absolute Gasteiger partial charge is 0.188 e. The van der Waals surface area contributed by atoms with Gasteiger partial charge in [-0.05, 0) is 57.5 Å². The second-order valence-corrected chi connectivity index (χ2v) is 6.59. The fourth-order valence-corrected chi connectivity index (χ4v) is 3.44. The Morgan fingerprint density at radius 3 is 2.47 bits per heavy atom. The second kappa shape index (κ2) is 6.12. The molecule has 0 aromatic rings. The summed E-state index contributed by atoms with van der Waals surface area (Å²) in [6.07, 6.45) is 10.8. The molecule has 3 aliphatic rings. The highest BCUT2D eigenvalue weighted by atomic mass is 15.2. The highest BCUT2D eigenvalue weighted by Gasteiger charge is 2.34. The van der Waals surface area contributed by atoms with Crippen LogP contribution in [0.4, 0.5) is 0 Å². The van der Waals surface area contributed by atoms with Gasteiger partial charge in [-0.25, -0.2) is 0 Å². The van der Waals surface area contributed by atoms with Crippen LogP contribution in [0.15, 0.2) is 4.99 Å². The predicted molar refractivity (Wildman–Crippen MR) is 79.2 cm³/mol. The minimum absolute atomic E-state index is 0.567. The van der Waals surface area contributed by atoms with Gasteiger partial charge in [0.15, 0.2) is 5.96 Å². The van der Waals surface area contributed by atoms with E-state index in [-0.39, 0.29) is 0 Å². The van der Waals surface area contributed by atoms with Gasteiger partial charge in [-0.3, -0.25) is 4.99 Å². The maximum atomic E-state index is 5.96. The fraction of sp³-hybridized carbons (Fsp3) is 0.933. The maximum Gasteiger partial charge on any atom is 0.188 e. The normalized spacial score (nSPS) is 33.6. The summed E-state index contributed by atoms with van der Waals surface area (Å²) in [5.74, 6) is 1.48. The van der Waals surface area contributed by atoms with Crippen LogP contribution in [0.5, 0.6) is 0 Å². The van der Waals surface area contributed by atoms with Crippen LogP contribution < -0.4 is 11.1 Å². The zero-order valence-corrected chi connectivity index (χ0v) is 12.0. The molecule has 3 N–H and O–H groups in total. The van der Waals surface area contributed by atoms with Gasteiger partial charge in [-0.2, -0.15) is 0 Å². The Labute approximate surface area is 116 Å². The Bertz CT molecular complexity index is 312. The molecular weight excluding hydrogens is 236 g/mol. The minimum atomic E-state index is 0.567. The summed E-state index contributed by atoms with van der Waals surface area (Å²) in [5.41, 5.74) is 5.96. The molecule has 108 valence electrons. The number of rotatable bonds is 4. The molecule has 0 radical (unpaired) electrons. The van der Waals surface area contributed by atoms with Gasteiger partial charge in [-0.1, -0.05) is 12.8 Å². The first-order valence-electron chi connectivity index (χ1n) is 8.12. The zero-order chi connectivity index (χ0) is 13.1. The molecule has 0 amide bonds. The van der Waals surface area contributed by atoms with Gasteiger partial charge < -0.3 is 16.0 Å². The van der Waals surface area contributed by atoms with Crippen molar-refractivity contribution in [3.05, 3.63) is 0 Å². The topological polar surface area (TPSA) is 53.6 Å². The Kier molecular flexibility index (Phi) is 4.26. The number of nitrogens with two attached hydrogens (primary N) is 1. The molecule has 4 heteroatoms. The first-order chi connectivity index (χ1) is 9.31. The van der Waals surface area contributed by atoms with E-state index >= 15 is 0 Å². The first-order valence-corrected chi connectivity index (χ1v) is 8.12. The minimum Gasteiger partial charge on any atom is -0.370 e. The molecule has 1 saturated heterocycles. The average molecular weight is 264 g/mol. The van der Waals surface area contributed by atoms with Gasteiger partial charge in [0.05, 0.1) is 0 Å². The second-order valence-electron chi connectivity index (χ2n) is 6.59. The number of likely N-dealkylation sites (tertiary alicyclic amines) is 1. The first kappa shape index (κ1) is 13.2. The molecule has 3 rings (SSSR count). The summed E-state index contributed by atoms with van der Waals surface area (Å²) in [4.78, 5) is 7.15. The molecule has 0 unspecified atom stereocenters. The van der Waals surface area contributed by atoms with Crippen molar-refractivity contribution in [2.75, 3.05) is 19.6 Å². The molecule has 19 heavy (non-hydrogen) atoms.